The third-order valence-electron chi connectivity index (χ3n) is 11.3. The van der Waals surface area contributed by atoms with Crippen LogP contribution < -0.4 is 19.8 Å². The molecule has 14 nitrogen and oxygen atoms in total. The summed E-state index contributed by atoms with van der Waals surface area (Å²) in [7, 11) is 4.28. The minimum Gasteiger partial charge on any atom is -0.369 e. The van der Waals surface area contributed by atoms with Crippen molar-refractivity contribution in [2.24, 2.45) is 0 Å². The summed E-state index contributed by atoms with van der Waals surface area (Å²) in [5.74, 6) is -0.695. The van der Waals surface area contributed by atoms with Crippen LogP contribution in [0.25, 0.3) is 33.5 Å². The lowest BCUT2D eigenvalue weighted by atomic mass is 10.2. The summed E-state index contributed by atoms with van der Waals surface area (Å²) >= 11 is 0. The highest BCUT2D eigenvalue weighted by atomic mass is 19.1. The minimum atomic E-state index is -0.606. The third kappa shape index (κ3) is 6.98. The normalized spacial score (nSPS) is 15.3. The van der Waals surface area contributed by atoms with Gasteiger partial charge in [0.05, 0.1) is 57.3 Å². The number of pyridine rings is 2. The molecule has 8 heterocycles. The van der Waals surface area contributed by atoms with E-state index in [9.17, 15) is 0 Å². The van der Waals surface area contributed by atoms with Gasteiger partial charge >= 0.3 is 0 Å². The zero-order chi connectivity index (χ0) is 40.7. The molecule has 60 heavy (non-hydrogen) atoms. The molecule has 302 valence electrons. The molecule has 6 aromatic heterocycles. The lowest BCUT2D eigenvalue weighted by Crippen LogP contribution is -2.44. The van der Waals surface area contributed by atoms with Crippen LogP contribution in [0.5, 0.6) is 0 Å². The van der Waals surface area contributed by atoms with Crippen LogP contribution in [0.3, 0.4) is 0 Å². The van der Waals surface area contributed by atoms with Crippen molar-refractivity contribution in [3.05, 3.63) is 134 Å². The minimum absolute atomic E-state index is 0.259. The Bertz CT molecular complexity index is 2580. The Balaban J connectivity index is 1.16. The van der Waals surface area contributed by atoms with Crippen LogP contribution in [0.15, 0.2) is 122 Å². The summed E-state index contributed by atoms with van der Waals surface area (Å²) in [5, 5.41) is 13.9. The van der Waals surface area contributed by atoms with E-state index in [-0.39, 0.29) is 11.9 Å². The van der Waals surface area contributed by atoms with Gasteiger partial charge < -0.3 is 19.6 Å². The summed E-state index contributed by atoms with van der Waals surface area (Å²) in [6, 6.07) is 30.6. The third-order valence-corrected chi connectivity index (χ3v) is 11.3. The van der Waals surface area contributed by atoms with Crippen LogP contribution in [0.4, 0.5) is 43.4 Å². The standard InChI is InChI=1S/C44H42F2N14/c1-53-21-25-55(26-22-53)31-7-11-33(12-8-31)59(43-49-29-35-15-17-39(57(35)51-43)37-5-3-19-47-41(37)45)60(34-13-9-32(10-14-34)56-27-23-54(2)24-28-56)44-50-30-36-16-18-40(58(36)52-44)38-6-4-20-48-42(38)46/h3-20,29-30H,21-28H2,1-2H3. The molecule has 0 amide bonds. The first-order valence-corrected chi connectivity index (χ1v) is 20.0. The first-order chi connectivity index (χ1) is 29.4. The van der Waals surface area contributed by atoms with Crippen LogP contribution in [-0.2, 0) is 0 Å². The average molecular weight is 805 g/mol. The molecule has 0 radical (unpaired) electrons. The molecule has 0 N–H and O–H groups in total. The maximum Gasteiger partial charge on any atom is 0.267 e. The summed E-state index contributed by atoms with van der Waals surface area (Å²) in [6.45, 7) is 7.55. The molecule has 10 rings (SSSR count). The Hall–Kier alpha value is -7.04. The molecule has 0 saturated carbocycles. The van der Waals surface area contributed by atoms with Gasteiger partial charge in [-0.05, 0) is 111 Å². The Morgan fingerprint density at radius 1 is 0.467 bits per heavy atom. The van der Waals surface area contributed by atoms with E-state index in [4.69, 9.17) is 20.2 Å². The van der Waals surface area contributed by atoms with Gasteiger partial charge in [-0.2, -0.15) is 8.78 Å². The van der Waals surface area contributed by atoms with Gasteiger partial charge in [0.2, 0.25) is 11.9 Å². The summed E-state index contributed by atoms with van der Waals surface area (Å²) in [5.41, 5.74) is 6.59. The van der Waals surface area contributed by atoms with Crippen molar-refractivity contribution in [1.82, 2.24) is 49.0 Å². The van der Waals surface area contributed by atoms with E-state index in [1.807, 2.05) is 46.4 Å². The number of nitrogens with zero attached hydrogens (tertiary/aromatic N) is 14. The van der Waals surface area contributed by atoms with Gasteiger partial charge in [-0.3, -0.25) is 0 Å². The number of anilines is 6. The molecule has 16 heteroatoms. The molecule has 2 aliphatic rings. The molecule has 2 aromatic carbocycles. The van der Waals surface area contributed by atoms with E-state index in [1.165, 1.54) is 12.4 Å². The van der Waals surface area contributed by atoms with Crippen molar-refractivity contribution < 1.29 is 8.78 Å². The zero-order valence-electron chi connectivity index (χ0n) is 33.2. The van der Waals surface area contributed by atoms with E-state index in [2.05, 4.69) is 67.9 Å². The SMILES string of the molecule is CN1CCN(c2ccc(N(c3ncc4ccc(-c5cccnc5F)n4n3)N(c3ccc(N4CCN(C)CC4)cc3)c3ncc4ccc(-c5cccnc5F)n4n3)cc2)CC1. The smallest absolute Gasteiger partial charge is 0.267 e. The number of hydrazine groups is 1. The maximum atomic E-state index is 15.2. The van der Waals surface area contributed by atoms with E-state index < -0.39 is 11.9 Å². The molecule has 0 unspecified atom stereocenters. The molecule has 8 aromatic rings. The molecule has 0 aliphatic carbocycles. The quantitative estimate of drug-likeness (QED) is 0.117. The Morgan fingerprint density at radius 2 is 0.867 bits per heavy atom. The summed E-state index contributed by atoms with van der Waals surface area (Å²) < 4.78 is 33.8. The average Bonchev–Trinajstić information content (AvgIpc) is 3.91. The highest BCUT2D eigenvalue weighted by Crippen LogP contribution is 2.37. The summed E-state index contributed by atoms with van der Waals surface area (Å²) in [4.78, 5) is 27.1. The number of aromatic nitrogens is 8. The number of fused-ring (bicyclic) bond motifs is 2. The number of hydrogen-bond donors (Lipinski definition) is 0. The zero-order valence-corrected chi connectivity index (χ0v) is 33.2. The van der Waals surface area contributed by atoms with Gasteiger partial charge in [0.25, 0.3) is 11.9 Å². The van der Waals surface area contributed by atoms with Crippen LogP contribution in [0.2, 0.25) is 0 Å². The van der Waals surface area contributed by atoms with Crippen LogP contribution in [-0.4, -0.2) is 115 Å². The van der Waals surface area contributed by atoms with E-state index in [0.717, 1.165) is 63.7 Å². The number of benzene rings is 2. The molecular formula is C44H42F2N14. The maximum absolute atomic E-state index is 15.2. The second kappa shape index (κ2) is 15.6. The Morgan fingerprint density at radius 3 is 1.25 bits per heavy atom. The molecule has 0 spiro atoms. The molecule has 0 atom stereocenters. The van der Waals surface area contributed by atoms with Gasteiger partial charge in [-0.15, -0.1) is 10.2 Å². The van der Waals surface area contributed by atoms with Crippen LogP contribution in [0, 0.1) is 11.9 Å². The van der Waals surface area contributed by atoms with E-state index in [0.29, 0.717) is 44.9 Å². The van der Waals surface area contributed by atoms with Crippen molar-refractivity contribution in [2.45, 2.75) is 0 Å². The summed E-state index contributed by atoms with van der Waals surface area (Å²) in [6.07, 6.45) is 6.26. The highest BCUT2D eigenvalue weighted by molar-refractivity contribution is 5.76. The van der Waals surface area contributed by atoms with E-state index in [1.54, 1.807) is 57.8 Å². The number of hydrogen-bond acceptors (Lipinski definition) is 12. The largest absolute Gasteiger partial charge is 0.369 e. The fourth-order valence-corrected chi connectivity index (χ4v) is 7.92. The van der Waals surface area contributed by atoms with Gasteiger partial charge in [-0.25, -0.2) is 39.0 Å². The number of rotatable bonds is 9. The lowest BCUT2D eigenvalue weighted by Gasteiger charge is -2.37. The number of likely N-dealkylation sites (N-methyl/N-ethyl adjacent to an activating group) is 2. The molecule has 2 saturated heterocycles. The van der Waals surface area contributed by atoms with Gasteiger partial charge in [0, 0.05) is 76.1 Å². The second-order valence-corrected chi connectivity index (χ2v) is 15.1. The van der Waals surface area contributed by atoms with Gasteiger partial charge in [0.15, 0.2) is 0 Å². The fourth-order valence-electron chi connectivity index (χ4n) is 7.92. The topological polar surface area (TPSA) is 106 Å². The first kappa shape index (κ1) is 37.2. The predicted octanol–water partition coefficient (Wildman–Crippen LogP) is 6.57. The monoisotopic (exact) mass is 804 g/mol. The molecule has 2 aliphatic heterocycles. The lowest BCUT2D eigenvalue weighted by molar-refractivity contribution is 0.313. The van der Waals surface area contributed by atoms with Crippen LogP contribution in [0.1, 0.15) is 0 Å². The van der Waals surface area contributed by atoms with Crippen LogP contribution >= 0.6 is 0 Å². The van der Waals surface area contributed by atoms with Crippen molar-refractivity contribution in [1.29, 1.82) is 0 Å². The predicted molar refractivity (Wildman–Crippen MR) is 229 cm³/mol. The van der Waals surface area contributed by atoms with Crippen molar-refractivity contribution >= 4 is 45.7 Å². The Labute approximate surface area is 345 Å². The Kier molecular flexibility index (Phi) is 9.69. The van der Waals surface area contributed by atoms with Crippen molar-refractivity contribution in [2.75, 3.05) is 86.3 Å². The molecule has 0 bridgehead atoms. The van der Waals surface area contributed by atoms with Gasteiger partial charge in [-0.1, -0.05) is 0 Å². The van der Waals surface area contributed by atoms with Crippen molar-refractivity contribution in [3.63, 3.8) is 0 Å². The number of piperazine rings is 2. The number of halogens is 2. The fraction of sp³-hybridized carbons (Fsp3) is 0.227. The molecule has 2 fully saturated rings. The van der Waals surface area contributed by atoms with Gasteiger partial charge in [0.1, 0.15) is 0 Å². The second-order valence-electron chi connectivity index (χ2n) is 15.1. The van der Waals surface area contributed by atoms with E-state index >= 15 is 8.78 Å². The molecular weight excluding hydrogens is 763 g/mol. The first-order valence-electron chi connectivity index (χ1n) is 20.0. The van der Waals surface area contributed by atoms with Crippen molar-refractivity contribution in [3.8, 4) is 22.5 Å². The highest BCUT2D eigenvalue weighted by Gasteiger charge is 2.29.